The molecule has 0 atom stereocenters. The van der Waals surface area contributed by atoms with E-state index in [9.17, 15) is 9.59 Å². The minimum absolute atomic E-state index is 0.116. The molecule has 0 radical (unpaired) electrons. The molecule has 0 amide bonds. The number of nitrogens with zero attached hydrogens (tertiary/aromatic N) is 3. The molecule has 82 valence electrons. The van der Waals surface area contributed by atoms with Gasteiger partial charge in [-0.3, -0.25) is 4.79 Å². The maximum absolute atomic E-state index is 11.2. The molecule has 2 rings (SSSR count). The van der Waals surface area contributed by atoms with Crippen LogP contribution in [-0.4, -0.2) is 37.3 Å². The van der Waals surface area contributed by atoms with Crippen LogP contribution in [0.25, 0.3) is 10.7 Å². The second kappa shape index (κ2) is 3.81. The zero-order valence-electron chi connectivity index (χ0n) is 8.09. The monoisotopic (exact) mass is 238 g/mol. The lowest BCUT2D eigenvalue weighted by molar-refractivity contribution is 0.0687. The molecule has 0 aliphatic heterocycles. The van der Waals surface area contributed by atoms with Gasteiger partial charge in [-0.2, -0.15) is 15.4 Å². The fourth-order valence-electron chi connectivity index (χ4n) is 1.12. The Hall–Kier alpha value is -2.09. The van der Waals surface area contributed by atoms with Crippen LogP contribution in [0.3, 0.4) is 0 Å². The second-order valence-electron chi connectivity index (χ2n) is 2.91. The molecule has 7 nitrogen and oxygen atoms in total. The molecule has 0 saturated carbocycles. The number of hydrogen-bond donors (Lipinski definition) is 2. The van der Waals surface area contributed by atoms with Gasteiger partial charge in [0.25, 0.3) is 0 Å². The summed E-state index contributed by atoms with van der Waals surface area (Å²) in [6, 6.07) is 0. The highest BCUT2D eigenvalue weighted by Crippen LogP contribution is 2.26. The summed E-state index contributed by atoms with van der Waals surface area (Å²) < 4.78 is 0. The number of ketones is 1. The zero-order chi connectivity index (χ0) is 11.7. The predicted octanol–water partition coefficient (Wildman–Crippen LogP) is 0.829. The van der Waals surface area contributed by atoms with E-state index in [0.29, 0.717) is 10.7 Å². The van der Waals surface area contributed by atoms with E-state index >= 15 is 0 Å². The van der Waals surface area contributed by atoms with Crippen LogP contribution in [0.4, 0.5) is 0 Å². The fraction of sp³-hybridized carbons (Fsp3) is 0.125. The largest absolute Gasteiger partial charge is 0.476 e. The molecule has 0 saturated heterocycles. The summed E-state index contributed by atoms with van der Waals surface area (Å²) in [5.41, 5.74) is 0.176. The molecule has 0 bridgehead atoms. The van der Waals surface area contributed by atoms with Crippen molar-refractivity contribution in [1.29, 1.82) is 0 Å². The van der Waals surface area contributed by atoms with Crippen molar-refractivity contribution in [2.24, 2.45) is 0 Å². The Labute approximate surface area is 93.1 Å². The van der Waals surface area contributed by atoms with Gasteiger partial charge in [-0.25, -0.2) is 9.78 Å². The number of rotatable bonds is 3. The smallest absolute Gasteiger partial charge is 0.356 e. The Morgan fingerprint density at radius 2 is 2.25 bits per heavy atom. The molecule has 0 spiro atoms. The third-order valence-electron chi connectivity index (χ3n) is 1.78. The van der Waals surface area contributed by atoms with Crippen LogP contribution in [-0.2, 0) is 0 Å². The Balaban J connectivity index is 2.55. The lowest BCUT2D eigenvalue weighted by Crippen LogP contribution is -2.03. The van der Waals surface area contributed by atoms with Crippen molar-refractivity contribution in [1.82, 2.24) is 20.4 Å². The number of aromatic amines is 1. The minimum Gasteiger partial charge on any atom is -0.476 e. The molecular weight excluding hydrogens is 232 g/mol. The number of nitrogens with one attached hydrogen (secondary N) is 1. The SMILES string of the molecule is CC(=O)c1sc(-c2cn[nH]n2)nc1C(=O)O. The van der Waals surface area contributed by atoms with E-state index in [1.807, 2.05) is 0 Å². The molecule has 0 aromatic carbocycles. The summed E-state index contributed by atoms with van der Waals surface area (Å²) in [7, 11) is 0. The predicted molar refractivity (Wildman–Crippen MR) is 54.5 cm³/mol. The fourth-order valence-corrected chi connectivity index (χ4v) is 2.02. The number of Topliss-reactive ketones (excluding diaryl/α,β-unsaturated/α-hetero) is 1. The second-order valence-corrected chi connectivity index (χ2v) is 3.91. The van der Waals surface area contributed by atoms with Crippen molar-refractivity contribution in [2.75, 3.05) is 0 Å². The number of thiazole rings is 1. The number of carbonyl (C=O) groups excluding carboxylic acids is 1. The van der Waals surface area contributed by atoms with Gasteiger partial charge in [0, 0.05) is 6.92 Å². The first-order valence-corrected chi connectivity index (χ1v) is 5.02. The first-order valence-electron chi connectivity index (χ1n) is 4.21. The average Bonchev–Trinajstić information content (AvgIpc) is 2.86. The van der Waals surface area contributed by atoms with Crippen molar-refractivity contribution in [3.05, 3.63) is 16.8 Å². The summed E-state index contributed by atoms with van der Waals surface area (Å²) in [5, 5.41) is 19.0. The van der Waals surface area contributed by atoms with Crippen LogP contribution >= 0.6 is 11.3 Å². The molecule has 0 fully saturated rings. The lowest BCUT2D eigenvalue weighted by Gasteiger charge is -1.89. The van der Waals surface area contributed by atoms with Gasteiger partial charge >= 0.3 is 5.97 Å². The third kappa shape index (κ3) is 1.70. The quantitative estimate of drug-likeness (QED) is 0.766. The molecule has 8 heteroatoms. The van der Waals surface area contributed by atoms with E-state index in [-0.39, 0.29) is 16.4 Å². The third-order valence-corrected chi connectivity index (χ3v) is 2.96. The molecule has 2 heterocycles. The summed E-state index contributed by atoms with van der Waals surface area (Å²) in [6.45, 7) is 1.30. The number of aromatic nitrogens is 4. The highest BCUT2D eigenvalue weighted by molar-refractivity contribution is 7.17. The van der Waals surface area contributed by atoms with Gasteiger partial charge in [-0.15, -0.1) is 11.3 Å². The average molecular weight is 238 g/mol. The number of aromatic carboxylic acids is 1. The maximum atomic E-state index is 11.2. The van der Waals surface area contributed by atoms with Gasteiger partial charge in [-0.05, 0) is 0 Å². The molecular formula is C8H6N4O3S. The Kier molecular flexibility index (Phi) is 2.49. The molecule has 2 N–H and O–H groups in total. The normalized spacial score (nSPS) is 10.3. The van der Waals surface area contributed by atoms with Gasteiger partial charge in [0.05, 0.1) is 6.20 Å². The van der Waals surface area contributed by atoms with E-state index in [2.05, 4.69) is 20.4 Å². The van der Waals surface area contributed by atoms with Crippen LogP contribution in [0, 0.1) is 0 Å². The standard InChI is InChI=1S/C8H6N4O3S/c1-3(13)6-5(8(14)15)10-7(16-6)4-2-9-12-11-4/h2H,1H3,(H,14,15)(H,9,11,12). The molecule has 2 aromatic rings. The molecule has 2 aromatic heterocycles. The number of carbonyl (C=O) groups is 2. The molecule has 0 aliphatic rings. The number of hydrogen-bond acceptors (Lipinski definition) is 6. The summed E-state index contributed by atoms with van der Waals surface area (Å²) >= 11 is 0.990. The van der Waals surface area contributed by atoms with E-state index in [4.69, 9.17) is 5.11 Å². The van der Waals surface area contributed by atoms with Gasteiger partial charge in [0.1, 0.15) is 15.6 Å². The van der Waals surface area contributed by atoms with Crippen LogP contribution in [0.5, 0.6) is 0 Å². The van der Waals surface area contributed by atoms with E-state index in [1.54, 1.807) is 0 Å². The number of carboxylic acid groups (broad SMARTS) is 1. The van der Waals surface area contributed by atoms with Gasteiger partial charge in [0.15, 0.2) is 11.5 Å². The van der Waals surface area contributed by atoms with Crippen molar-refractivity contribution in [2.45, 2.75) is 6.92 Å². The number of carboxylic acids is 1. The Bertz CT molecular complexity index is 514. The topological polar surface area (TPSA) is 109 Å². The summed E-state index contributed by atoms with van der Waals surface area (Å²) in [6.07, 6.45) is 1.41. The van der Waals surface area contributed by atoms with E-state index in [1.165, 1.54) is 13.1 Å². The maximum Gasteiger partial charge on any atom is 0.356 e. The number of H-pyrrole nitrogens is 1. The first-order chi connectivity index (χ1) is 7.59. The lowest BCUT2D eigenvalue weighted by atomic mass is 10.3. The zero-order valence-corrected chi connectivity index (χ0v) is 8.91. The molecule has 0 aliphatic carbocycles. The highest BCUT2D eigenvalue weighted by atomic mass is 32.1. The van der Waals surface area contributed by atoms with Gasteiger partial charge in [0.2, 0.25) is 0 Å². The highest BCUT2D eigenvalue weighted by Gasteiger charge is 2.21. The van der Waals surface area contributed by atoms with Crippen LogP contribution < -0.4 is 0 Å². The summed E-state index contributed by atoms with van der Waals surface area (Å²) in [4.78, 5) is 26.0. The van der Waals surface area contributed by atoms with Crippen molar-refractivity contribution in [3.8, 4) is 10.7 Å². The van der Waals surface area contributed by atoms with Crippen LogP contribution in [0.15, 0.2) is 6.20 Å². The van der Waals surface area contributed by atoms with Crippen LogP contribution in [0.2, 0.25) is 0 Å². The Morgan fingerprint density at radius 1 is 1.50 bits per heavy atom. The van der Waals surface area contributed by atoms with E-state index in [0.717, 1.165) is 11.3 Å². The van der Waals surface area contributed by atoms with Crippen molar-refractivity contribution < 1.29 is 14.7 Å². The molecule has 16 heavy (non-hydrogen) atoms. The molecule has 0 unspecified atom stereocenters. The van der Waals surface area contributed by atoms with Gasteiger partial charge in [-0.1, -0.05) is 0 Å². The Morgan fingerprint density at radius 3 is 2.69 bits per heavy atom. The van der Waals surface area contributed by atoms with Crippen molar-refractivity contribution >= 4 is 23.1 Å². The summed E-state index contributed by atoms with van der Waals surface area (Å²) in [5.74, 6) is -1.55. The minimum atomic E-state index is -1.23. The van der Waals surface area contributed by atoms with Gasteiger partial charge < -0.3 is 5.11 Å². The first kappa shape index (κ1) is 10.4. The van der Waals surface area contributed by atoms with E-state index < -0.39 is 5.97 Å². The van der Waals surface area contributed by atoms with Crippen LogP contribution in [0.1, 0.15) is 27.1 Å². The van der Waals surface area contributed by atoms with Crippen molar-refractivity contribution in [3.63, 3.8) is 0 Å².